The fraction of sp³-hybridized carbons (Fsp3) is 0.200. The summed E-state index contributed by atoms with van der Waals surface area (Å²) in [6.45, 7) is 3.33. The first-order chi connectivity index (χ1) is 14.2. The first-order valence-electron chi connectivity index (χ1n) is 8.96. The number of fused-ring (bicyclic) bond motifs is 1. The third-order valence-electron chi connectivity index (χ3n) is 4.78. The van der Waals surface area contributed by atoms with Crippen LogP contribution in [0.3, 0.4) is 0 Å². The standard InChI is InChI=1S/C20H18FN3O4S2/c1-11-8-14(5-6-15(11)21)30(26,27)23-20-22-19(12(2)29-20)13-4-7-17-16(9-13)24(3)18(25)10-28-17/h4-9H,10H2,1-3H3,(H,22,23). The van der Waals surface area contributed by atoms with E-state index in [1.807, 2.05) is 13.0 Å². The second-order valence-corrected chi connectivity index (χ2v) is 9.75. The van der Waals surface area contributed by atoms with Crippen LogP contribution in [0.4, 0.5) is 15.2 Å². The van der Waals surface area contributed by atoms with E-state index in [2.05, 4.69) is 9.71 Å². The second-order valence-electron chi connectivity index (χ2n) is 6.86. The van der Waals surface area contributed by atoms with Crippen molar-refractivity contribution in [1.29, 1.82) is 0 Å². The number of hydrogen-bond acceptors (Lipinski definition) is 6. The SMILES string of the molecule is Cc1cc(S(=O)(=O)Nc2nc(-c3ccc4c(c3)N(C)C(=O)CO4)c(C)s2)ccc1F. The van der Waals surface area contributed by atoms with Gasteiger partial charge in [-0.15, -0.1) is 11.3 Å². The molecule has 0 saturated heterocycles. The van der Waals surface area contributed by atoms with Crippen molar-refractivity contribution in [3.63, 3.8) is 0 Å². The Morgan fingerprint density at radius 3 is 2.70 bits per heavy atom. The zero-order chi connectivity index (χ0) is 21.6. The Morgan fingerprint density at radius 2 is 1.97 bits per heavy atom. The molecule has 7 nitrogen and oxygen atoms in total. The molecule has 3 aromatic rings. The molecule has 10 heteroatoms. The lowest BCUT2D eigenvalue weighted by atomic mass is 10.1. The van der Waals surface area contributed by atoms with E-state index in [0.717, 1.165) is 16.5 Å². The van der Waals surface area contributed by atoms with Crippen LogP contribution in [0.15, 0.2) is 41.3 Å². The fourth-order valence-corrected chi connectivity index (χ4v) is 5.24. The molecule has 1 amide bonds. The summed E-state index contributed by atoms with van der Waals surface area (Å²) < 4.78 is 46.7. The minimum absolute atomic E-state index is 0.00658. The minimum Gasteiger partial charge on any atom is -0.482 e. The molecule has 0 aliphatic carbocycles. The van der Waals surface area contributed by atoms with Crippen LogP contribution < -0.4 is 14.4 Å². The summed E-state index contributed by atoms with van der Waals surface area (Å²) in [6.07, 6.45) is 0. The average Bonchev–Trinajstić information content (AvgIpc) is 3.06. The summed E-state index contributed by atoms with van der Waals surface area (Å²) in [7, 11) is -2.24. The summed E-state index contributed by atoms with van der Waals surface area (Å²) in [4.78, 5) is 18.6. The number of hydrogen-bond donors (Lipinski definition) is 1. The summed E-state index contributed by atoms with van der Waals surface area (Å²) >= 11 is 1.19. The van der Waals surface area contributed by atoms with Crippen molar-refractivity contribution >= 4 is 38.1 Å². The van der Waals surface area contributed by atoms with Gasteiger partial charge in [0.15, 0.2) is 11.7 Å². The molecular weight excluding hydrogens is 429 g/mol. The molecule has 0 radical (unpaired) electrons. The Balaban J connectivity index is 1.66. The van der Waals surface area contributed by atoms with E-state index in [1.165, 1.54) is 35.3 Å². The fourth-order valence-electron chi connectivity index (χ4n) is 3.09. The predicted octanol–water partition coefficient (Wildman–Crippen LogP) is 3.72. The molecule has 4 rings (SSSR count). The molecule has 0 saturated carbocycles. The van der Waals surface area contributed by atoms with Crippen molar-refractivity contribution in [2.45, 2.75) is 18.7 Å². The zero-order valence-corrected chi connectivity index (χ0v) is 18.0. The third kappa shape index (κ3) is 3.63. The number of carbonyl (C=O) groups is 1. The number of carbonyl (C=O) groups excluding carboxylic acids is 1. The maximum Gasteiger partial charge on any atom is 0.264 e. The number of halogens is 1. The molecule has 2 aromatic carbocycles. The van der Waals surface area contributed by atoms with Gasteiger partial charge in [0.1, 0.15) is 11.6 Å². The van der Waals surface area contributed by atoms with E-state index in [1.54, 1.807) is 19.2 Å². The van der Waals surface area contributed by atoms with E-state index in [0.29, 0.717) is 17.1 Å². The maximum atomic E-state index is 13.5. The Hall–Kier alpha value is -2.98. The molecule has 2 heterocycles. The van der Waals surface area contributed by atoms with E-state index in [4.69, 9.17) is 4.74 Å². The Morgan fingerprint density at radius 1 is 1.20 bits per heavy atom. The van der Waals surface area contributed by atoms with Crippen LogP contribution in [0.25, 0.3) is 11.3 Å². The van der Waals surface area contributed by atoms with Crippen LogP contribution in [0, 0.1) is 19.7 Å². The molecule has 0 unspecified atom stereocenters. The van der Waals surface area contributed by atoms with Crippen molar-refractivity contribution in [2.24, 2.45) is 0 Å². The number of nitrogens with one attached hydrogen (secondary N) is 1. The van der Waals surface area contributed by atoms with Gasteiger partial charge in [-0.1, -0.05) is 0 Å². The number of thiazole rings is 1. The summed E-state index contributed by atoms with van der Waals surface area (Å²) in [5.41, 5.74) is 2.20. The van der Waals surface area contributed by atoms with Gasteiger partial charge in [0.05, 0.1) is 16.3 Å². The molecule has 1 aliphatic rings. The van der Waals surface area contributed by atoms with Gasteiger partial charge in [0.2, 0.25) is 0 Å². The number of aromatic nitrogens is 1. The van der Waals surface area contributed by atoms with Gasteiger partial charge < -0.3 is 9.64 Å². The number of ether oxygens (including phenoxy) is 1. The van der Waals surface area contributed by atoms with Gasteiger partial charge in [0.25, 0.3) is 15.9 Å². The van der Waals surface area contributed by atoms with Crippen LogP contribution in [-0.2, 0) is 14.8 Å². The lowest BCUT2D eigenvalue weighted by Crippen LogP contribution is -2.35. The smallest absolute Gasteiger partial charge is 0.264 e. The van der Waals surface area contributed by atoms with Crippen LogP contribution >= 0.6 is 11.3 Å². The largest absolute Gasteiger partial charge is 0.482 e. The third-order valence-corrected chi connectivity index (χ3v) is 7.13. The highest BCUT2D eigenvalue weighted by atomic mass is 32.2. The molecule has 30 heavy (non-hydrogen) atoms. The number of aryl methyl sites for hydroxylation is 2. The predicted molar refractivity (Wildman–Crippen MR) is 113 cm³/mol. The van der Waals surface area contributed by atoms with E-state index < -0.39 is 15.8 Å². The summed E-state index contributed by atoms with van der Waals surface area (Å²) in [6, 6.07) is 8.97. The van der Waals surface area contributed by atoms with Gasteiger partial charge in [-0.2, -0.15) is 0 Å². The van der Waals surface area contributed by atoms with Crippen LogP contribution in [-0.4, -0.2) is 33.0 Å². The highest BCUT2D eigenvalue weighted by molar-refractivity contribution is 7.93. The first-order valence-corrected chi connectivity index (χ1v) is 11.3. The van der Waals surface area contributed by atoms with E-state index in [-0.39, 0.29) is 28.1 Å². The highest BCUT2D eigenvalue weighted by Gasteiger charge is 2.24. The minimum atomic E-state index is -3.91. The number of anilines is 2. The monoisotopic (exact) mass is 447 g/mol. The van der Waals surface area contributed by atoms with Gasteiger partial charge in [-0.25, -0.2) is 17.8 Å². The molecule has 0 fully saturated rings. The van der Waals surface area contributed by atoms with Crippen molar-refractivity contribution in [3.8, 4) is 17.0 Å². The van der Waals surface area contributed by atoms with E-state index >= 15 is 0 Å². The maximum absolute atomic E-state index is 13.5. The molecule has 1 aromatic heterocycles. The molecule has 0 spiro atoms. The Kier molecular flexibility index (Phi) is 4.99. The van der Waals surface area contributed by atoms with Gasteiger partial charge >= 0.3 is 0 Å². The van der Waals surface area contributed by atoms with Crippen molar-refractivity contribution in [3.05, 3.63) is 52.7 Å². The molecular formula is C20H18FN3O4S2. The normalized spacial score (nSPS) is 13.7. The van der Waals surface area contributed by atoms with Gasteiger partial charge in [0, 0.05) is 17.5 Å². The molecule has 1 N–H and O–H groups in total. The Bertz CT molecular complexity index is 1270. The number of amides is 1. The lowest BCUT2D eigenvalue weighted by molar-refractivity contribution is -0.120. The van der Waals surface area contributed by atoms with Crippen molar-refractivity contribution < 1.29 is 22.3 Å². The molecule has 0 atom stereocenters. The summed E-state index contributed by atoms with van der Waals surface area (Å²) in [5.74, 6) is -0.0276. The molecule has 1 aliphatic heterocycles. The van der Waals surface area contributed by atoms with Crippen LogP contribution in [0.5, 0.6) is 5.75 Å². The molecule has 156 valence electrons. The highest BCUT2D eigenvalue weighted by Crippen LogP contribution is 2.38. The topological polar surface area (TPSA) is 88.6 Å². The van der Waals surface area contributed by atoms with E-state index in [9.17, 15) is 17.6 Å². The lowest BCUT2D eigenvalue weighted by Gasteiger charge is -2.26. The number of nitrogens with zero attached hydrogens (tertiary/aromatic N) is 2. The molecule has 0 bridgehead atoms. The van der Waals surface area contributed by atoms with Gasteiger partial charge in [-0.3, -0.25) is 9.52 Å². The van der Waals surface area contributed by atoms with Crippen LogP contribution in [0.1, 0.15) is 10.4 Å². The van der Waals surface area contributed by atoms with Crippen molar-refractivity contribution in [2.75, 3.05) is 23.3 Å². The quantitative estimate of drug-likeness (QED) is 0.659. The number of sulfonamides is 1. The number of rotatable bonds is 4. The number of benzene rings is 2. The Labute approximate surface area is 177 Å². The average molecular weight is 448 g/mol. The second kappa shape index (κ2) is 7.37. The zero-order valence-electron chi connectivity index (χ0n) is 16.4. The summed E-state index contributed by atoms with van der Waals surface area (Å²) in [5, 5.41) is 0.197. The van der Waals surface area contributed by atoms with Crippen LogP contribution in [0.2, 0.25) is 0 Å². The first kappa shape index (κ1) is 20.3. The number of likely N-dealkylation sites (N-methyl/N-ethyl adjacent to an activating group) is 1. The van der Waals surface area contributed by atoms with Crippen molar-refractivity contribution in [1.82, 2.24) is 4.98 Å². The van der Waals surface area contributed by atoms with Gasteiger partial charge in [-0.05, 0) is 55.8 Å².